The minimum Gasteiger partial charge on any atom is -0.480 e. The standard InChI is InChI=1S/C10H17NO3S/c1-10(2,9(13)14)15-7-4-3-5-11-8(12)6-7/h7H,3-6H2,1-2H3,(H,11,12)(H,13,14). The van der Waals surface area contributed by atoms with E-state index in [9.17, 15) is 9.59 Å². The molecule has 1 unspecified atom stereocenters. The van der Waals surface area contributed by atoms with Gasteiger partial charge in [-0.25, -0.2) is 0 Å². The molecule has 0 spiro atoms. The fraction of sp³-hybridized carbons (Fsp3) is 0.800. The van der Waals surface area contributed by atoms with Gasteiger partial charge in [0, 0.05) is 18.2 Å². The SMILES string of the molecule is CC(C)(SC1CCCNC(=O)C1)C(=O)O. The number of hydrogen-bond acceptors (Lipinski definition) is 3. The van der Waals surface area contributed by atoms with Gasteiger partial charge in [0.2, 0.25) is 5.91 Å². The minimum absolute atomic E-state index is 0.0335. The van der Waals surface area contributed by atoms with Crippen LogP contribution in [0.2, 0.25) is 0 Å². The maximum atomic E-state index is 11.3. The van der Waals surface area contributed by atoms with Gasteiger partial charge in [0.15, 0.2) is 0 Å². The normalized spacial score (nSPS) is 23.1. The molecular weight excluding hydrogens is 214 g/mol. The first-order chi connectivity index (χ1) is 6.92. The Bertz CT molecular complexity index is 265. The van der Waals surface area contributed by atoms with Gasteiger partial charge in [-0.15, -0.1) is 11.8 Å². The van der Waals surface area contributed by atoms with Crippen LogP contribution in [0.25, 0.3) is 0 Å². The third kappa shape index (κ3) is 3.74. The maximum Gasteiger partial charge on any atom is 0.319 e. The number of carbonyl (C=O) groups is 2. The number of thioether (sulfide) groups is 1. The van der Waals surface area contributed by atoms with Crippen LogP contribution < -0.4 is 5.32 Å². The lowest BCUT2D eigenvalue weighted by atomic mass is 10.2. The quantitative estimate of drug-likeness (QED) is 0.767. The summed E-state index contributed by atoms with van der Waals surface area (Å²) in [5.74, 6) is -0.789. The zero-order valence-electron chi connectivity index (χ0n) is 9.08. The zero-order chi connectivity index (χ0) is 11.5. The lowest BCUT2D eigenvalue weighted by Gasteiger charge is -2.24. The molecule has 1 atom stereocenters. The molecule has 1 fully saturated rings. The van der Waals surface area contributed by atoms with Crippen molar-refractivity contribution >= 4 is 23.6 Å². The van der Waals surface area contributed by atoms with E-state index in [1.54, 1.807) is 13.8 Å². The van der Waals surface area contributed by atoms with Crippen molar-refractivity contribution in [2.45, 2.75) is 43.1 Å². The molecule has 0 bridgehead atoms. The van der Waals surface area contributed by atoms with Crippen molar-refractivity contribution in [3.8, 4) is 0 Å². The summed E-state index contributed by atoms with van der Waals surface area (Å²) in [4.78, 5) is 22.2. The van der Waals surface area contributed by atoms with Gasteiger partial charge in [0.25, 0.3) is 0 Å². The Labute approximate surface area is 93.8 Å². The van der Waals surface area contributed by atoms with Crippen molar-refractivity contribution < 1.29 is 14.7 Å². The third-order valence-electron chi connectivity index (χ3n) is 2.41. The number of aliphatic carboxylic acids is 1. The topological polar surface area (TPSA) is 66.4 Å². The summed E-state index contributed by atoms with van der Waals surface area (Å²) >= 11 is 1.39. The fourth-order valence-electron chi connectivity index (χ4n) is 1.51. The Hall–Kier alpha value is -0.710. The van der Waals surface area contributed by atoms with E-state index in [1.165, 1.54) is 11.8 Å². The largest absolute Gasteiger partial charge is 0.480 e. The van der Waals surface area contributed by atoms with Crippen LogP contribution in [0.4, 0.5) is 0 Å². The van der Waals surface area contributed by atoms with E-state index in [-0.39, 0.29) is 11.2 Å². The Balaban J connectivity index is 2.56. The van der Waals surface area contributed by atoms with Crippen molar-refractivity contribution in [2.24, 2.45) is 0 Å². The smallest absolute Gasteiger partial charge is 0.319 e. The van der Waals surface area contributed by atoms with E-state index < -0.39 is 10.7 Å². The lowest BCUT2D eigenvalue weighted by molar-refractivity contribution is -0.139. The van der Waals surface area contributed by atoms with Crippen molar-refractivity contribution in [2.75, 3.05) is 6.54 Å². The van der Waals surface area contributed by atoms with E-state index in [0.29, 0.717) is 13.0 Å². The molecule has 1 heterocycles. The van der Waals surface area contributed by atoms with Gasteiger partial charge in [-0.05, 0) is 26.7 Å². The summed E-state index contributed by atoms with van der Waals surface area (Å²) in [5.41, 5.74) is 0. The van der Waals surface area contributed by atoms with Gasteiger partial charge < -0.3 is 10.4 Å². The van der Waals surface area contributed by atoms with Gasteiger partial charge in [0.05, 0.1) is 0 Å². The number of carboxylic acid groups (broad SMARTS) is 1. The van der Waals surface area contributed by atoms with Gasteiger partial charge in [-0.1, -0.05) is 0 Å². The highest BCUT2D eigenvalue weighted by atomic mass is 32.2. The molecule has 2 N–H and O–H groups in total. The van der Waals surface area contributed by atoms with Crippen LogP contribution in [0, 0.1) is 0 Å². The van der Waals surface area contributed by atoms with Crippen LogP contribution in [-0.2, 0) is 9.59 Å². The first-order valence-electron chi connectivity index (χ1n) is 5.10. The van der Waals surface area contributed by atoms with Crippen molar-refractivity contribution in [1.29, 1.82) is 0 Å². The van der Waals surface area contributed by atoms with Gasteiger partial charge in [-0.3, -0.25) is 9.59 Å². The highest BCUT2D eigenvalue weighted by molar-refractivity contribution is 8.01. The second-order valence-electron chi connectivity index (χ2n) is 4.25. The van der Waals surface area contributed by atoms with Gasteiger partial charge >= 0.3 is 5.97 Å². The monoisotopic (exact) mass is 231 g/mol. The predicted molar refractivity (Wildman–Crippen MR) is 60.0 cm³/mol. The fourth-order valence-corrected chi connectivity index (χ4v) is 2.96. The zero-order valence-corrected chi connectivity index (χ0v) is 9.89. The molecule has 0 aromatic rings. The lowest BCUT2D eigenvalue weighted by Crippen LogP contribution is -2.31. The Morgan fingerprint density at radius 3 is 2.87 bits per heavy atom. The van der Waals surface area contributed by atoms with Crippen LogP contribution in [-0.4, -0.2) is 33.5 Å². The molecule has 86 valence electrons. The van der Waals surface area contributed by atoms with Crippen molar-refractivity contribution in [3.63, 3.8) is 0 Å². The van der Waals surface area contributed by atoms with Crippen LogP contribution in [0.1, 0.15) is 33.1 Å². The summed E-state index contributed by atoms with van der Waals surface area (Å²) in [6.45, 7) is 4.08. The highest BCUT2D eigenvalue weighted by Crippen LogP contribution is 2.33. The molecule has 15 heavy (non-hydrogen) atoms. The maximum absolute atomic E-state index is 11.3. The van der Waals surface area contributed by atoms with Crippen LogP contribution in [0.5, 0.6) is 0 Å². The molecule has 1 aliphatic rings. The van der Waals surface area contributed by atoms with Crippen LogP contribution >= 0.6 is 11.8 Å². The number of carboxylic acids is 1. The highest BCUT2D eigenvalue weighted by Gasteiger charge is 2.32. The molecule has 1 aliphatic heterocycles. The van der Waals surface area contributed by atoms with E-state index >= 15 is 0 Å². The number of nitrogens with one attached hydrogen (secondary N) is 1. The van der Waals surface area contributed by atoms with E-state index in [4.69, 9.17) is 5.11 Å². The Morgan fingerprint density at radius 2 is 2.27 bits per heavy atom. The molecule has 0 aromatic heterocycles. The predicted octanol–water partition coefficient (Wildman–Crippen LogP) is 1.25. The second kappa shape index (κ2) is 4.88. The van der Waals surface area contributed by atoms with Crippen LogP contribution in [0.3, 0.4) is 0 Å². The first kappa shape index (κ1) is 12.4. The van der Waals surface area contributed by atoms with Crippen LogP contribution in [0.15, 0.2) is 0 Å². The van der Waals surface area contributed by atoms with E-state index in [2.05, 4.69) is 5.32 Å². The number of amides is 1. The number of carbonyl (C=O) groups excluding carboxylic acids is 1. The third-order valence-corrected chi connectivity index (χ3v) is 3.91. The minimum atomic E-state index is -0.822. The molecular formula is C10H17NO3S. The summed E-state index contributed by atoms with van der Waals surface area (Å²) in [6, 6.07) is 0. The van der Waals surface area contributed by atoms with Crippen molar-refractivity contribution in [1.82, 2.24) is 5.32 Å². The molecule has 4 nitrogen and oxygen atoms in total. The molecule has 0 radical (unpaired) electrons. The summed E-state index contributed by atoms with van der Waals surface area (Å²) in [7, 11) is 0. The summed E-state index contributed by atoms with van der Waals surface area (Å²) in [5, 5.41) is 11.9. The summed E-state index contributed by atoms with van der Waals surface area (Å²) < 4.78 is -0.810. The average molecular weight is 231 g/mol. The molecule has 1 amide bonds. The van der Waals surface area contributed by atoms with Gasteiger partial charge in [-0.2, -0.15) is 0 Å². The molecule has 0 saturated carbocycles. The van der Waals surface area contributed by atoms with E-state index in [1.807, 2.05) is 0 Å². The second-order valence-corrected chi connectivity index (χ2v) is 6.17. The molecule has 5 heteroatoms. The van der Waals surface area contributed by atoms with Gasteiger partial charge in [0.1, 0.15) is 4.75 Å². The van der Waals surface area contributed by atoms with E-state index in [0.717, 1.165) is 12.8 Å². The Morgan fingerprint density at radius 1 is 1.60 bits per heavy atom. The molecule has 0 aliphatic carbocycles. The van der Waals surface area contributed by atoms with Crippen molar-refractivity contribution in [3.05, 3.63) is 0 Å². The Kier molecular flexibility index (Phi) is 4.02. The summed E-state index contributed by atoms with van der Waals surface area (Å²) in [6.07, 6.45) is 2.26. The molecule has 1 rings (SSSR count). The average Bonchev–Trinajstić information content (AvgIpc) is 2.28. The number of hydrogen-bond donors (Lipinski definition) is 2. The number of rotatable bonds is 3. The molecule has 0 aromatic carbocycles. The molecule has 1 saturated heterocycles. The first-order valence-corrected chi connectivity index (χ1v) is 5.97.